The topological polar surface area (TPSA) is 57.6 Å². The van der Waals surface area contributed by atoms with Gasteiger partial charge in [0.2, 0.25) is 0 Å². The van der Waals surface area contributed by atoms with Crippen molar-refractivity contribution in [2.45, 2.75) is 43.5 Å². The van der Waals surface area contributed by atoms with Gasteiger partial charge in [-0.1, -0.05) is 35.9 Å². The lowest BCUT2D eigenvalue weighted by Gasteiger charge is -2.30. The molecule has 0 radical (unpaired) electrons. The smallest absolute Gasteiger partial charge is 0.376 e. The molecule has 0 amide bonds. The maximum atomic E-state index is 13.0. The van der Waals surface area contributed by atoms with Gasteiger partial charge in [-0.25, -0.2) is 8.42 Å². The molecule has 2 rings (SSSR count). The van der Waals surface area contributed by atoms with Gasteiger partial charge >= 0.3 is 6.18 Å². The standard InChI is InChI=1S/C18H19ClF3NO3S/c1-12(2)23(27(25,26)16-7-5-4-6-15(16)19)14-10-8-13(9-11-14)17(3,24)18(20,21)22/h4-12,24H,1-3H3/t17-/m1/s1. The van der Waals surface area contributed by atoms with Crippen LogP contribution in [0.2, 0.25) is 5.02 Å². The van der Waals surface area contributed by atoms with Crippen LogP contribution in [0.3, 0.4) is 0 Å². The molecule has 1 N–H and O–H groups in total. The first-order valence-corrected chi connectivity index (χ1v) is 9.80. The predicted octanol–water partition coefficient (Wildman–Crippen LogP) is 4.71. The zero-order valence-electron chi connectivity index (χ0n) is 14.8. The summed E-state index contributed by atoms with van der Waals surface area (Å²) in [7, 11) is -4.04. The molecular weight excluding hydrogens is 403 g/mol. The molecule has 4 nitrogen and oxygen atoms in total. The Bertz CT molecular complexity index is 910. The lowest BCUT2D eigenvalue weighted by molar-refractivity contribution is -0.258. The highest BCUT2D eigenvalue weighted by Gasteiger charge is 2.51. The predicted molar refractivity (Wildman–Crippen MR) is 98.3 cm³/mol. The minimum atomic E-state index is -4.87. The summed E-state index contributed by atoms with van der Waals surface area (Å²) in [5.74, 6) is 0. The molecule has 1 atom stereocenters. The maximum absolute atomic E-state index is 13.0. The number of hydrogen-bond acceptors (Lipinski definition) is 3. The van der Waals surface area contributed by atoms with Gasteiger partial charge in [-0.05, 0) is 50.6 Å². The maximum Gasteiger partial charge on any atom is 0.421 e. The van der Waals surface area contributed by atoms with E-state index in [1.165, 1.54) is 30.3 Å². The Hall–Kier alpha value is -1.77. The molecule has 0 fully saturated rings. The number of anilines is 1. The zero-order chi connectivity index (χ0) is 20.6. The molecule has 27 heavy (non-hydrogen) atoms. The van der Waals surface area contributed by atoms with Crippen LogP contribution in [-0.2, 0) is 15.6 Å². The van der Waals surface area contributed by atoms with Crippen molar-refractivity contribution in [2.75, 3.05) is 4.31 Å². The quantitative estimate of drug-likeness (QED) is 0.760. The fourth-order valence-corrected chi connectivity index (χ4v) is 4.73. The van der Waals surface area contributed by atoms with E-state index in [0.29, 0.717) is 6.92 Å². The minimum Gasteiger partial charge on any atom is -0.376 e. The van der Waals surface area contributed by atoms with Crippen molar-refractivity contribution in [3.05, 3.63) is 59.1 Å². The van der Waals surface area contributed by atoms with Gasteiger partial charge in [0.15, 0.2) is 5.60 Å². The monoisotopic (exact) mass is 421 g/mol. The first kappa shape index (κ1) is 21.5. The molecule has 0 aliphatic heterocycles. The highest BCUT2D eigenvalue weighted by molar-refractivity contribution is 7.93. The van der Waals surface area contributed by atoms with Crippen molar-refractivity contribution >= 4 is 27.3 Å². The van der Waals surface area contributed by atoms with Gasteiger partial charge in [0.1, 0.15) is 4.90 Å². The number of alkyl halides is 3. The highest BCUT2D eigenvalue weighted by Crippen LogP contribution is 2.39. The Balaban J connectivity index is 2.52. The van der Waals surface area contributed by atoms with Gasteiger partial charge in [-0.2, -0.15) is 13.2 Å². The first-order chi connectivity index (χ1) is 12.3. The second-order valence-corrected chi connectivity index (χ2v) is 8.63. The summed E-state index contributed by atoms with van der Waals surface area (Å²) >= 11 is 6.02. The average Bonchev–Trinajstić information content (AvgIpc) is 2.54. The van der Waals surface area contributed by atoms with Crippen LogP contribution >= 0.6 is 11.6 Å². The molecule has 0 aromatic heterocycles. The summed E-state index contributed by atoms with van der Waals surface area (Å²) in [5, 5.41) is 9.80. The molecule has 9 heteroatoms. The lowest BCUT2D eigenvalue weighted by Crippen LogP contribution is -2.39. The van der Waals surface area contributed by atoms with Gasteiger partial charge in [0.05, 0.1) is 10.7 Å². The first-order valence-electron chi connectivity index (χ1n) is 7.98. The summed E-state index contributed by atoms with van der Waals surface area (Å²) in [4.78, 5) is -0.105. The van der Waals surface area contributed by atoms with Crippen molar-refractivity contribution in [3.63, 3.8) is 0 Å². The number of halogens is 4. The largest absolute Gasteiger partial charge is 0.421 e. The van der Waals surface area contributed by atoms with Gasteiger partial charge in [0, 0.05) is 6.04 Å². The molecule has 0 unspecified atom stereocenters. The van der Waals surface area contributed by atoms with E-state index in [1.54, 1.807) is 19.9 Å². The Morgan fingerprint density at radius 2 is 1.56 bits per heavy atom. The Kier molecular flexibility index (Phi) is 5.85. The number of benzene rings is 2. The van der Waals surface area contributed by atoms with Crippen LogP contribution in [-0.4, -0.2) is 25.7 Å². The molecular formula is C18H19ClF3NO3S. The molecule has 0 spiro atoms. The number of rotatable bonds is 5. The van der Waals surface area contributed by atoms with E-state index in [2.05, 4.69) is 0 Å². The van der Waals surface area contributed by atoms with Gasteiger partial charge in [0.25, 0.3) is 10.0 Å². The van der Waals surface area contributed by atoms with Crippen LogP contribution in [0.1, 0.15) is 26.3 Å². The third-order valence-corrected chi connectivity index (χ3v) is 6.58. The van der Waals surface area contributed by atoms with E-state index in [9.17, 15) is 26.7 Å². The molecule has 2 aromatic rings. The Labute approximate surface area is 161 Å². The molecule has 148 valence electrons. The van der Waals surface area contributed by atoms with Crippen LogP contribution in [0, 0.1) is 0 Å². The number of sulfonamides is 1. The molecule has 0 saturated carbocycles. The average molecular weight is 422 g/mol. The second kappa shape index (κ2) is 7.33. The van der Waals surface area contributed by atoms with Crippen LogP contribution in [0.25, 0.3) is 0 Å². The molecule has 0 saturated heterocycles. The van der Waals surface area contributed by atoms with Crippen LogP contribution in [0.4, 0.5) is 18.9 Å². The number of hydrogen-bond donors (Lipinski definition) is 1. The van der Waals surface area contributed by atoms with Crippen molar-refractivity contribution in [3.8, 4) is 0 Å². The summed E-state index contributed by atoms with van der Waals surface area (Å²) in [6.45, 7) is 3.91. The van der Waals surface area contributed by atoms with Crippen LogP contribution in [0.5, 0.6) is 0 Å². The summed E-state index contributed by atoms with van der Waals surface area (Å²) < 4.78 is 66.1. The van der Waals surface area contributed by atoms with Gasteiger partial charge in [-0.3, -0.25) is 4.31 Å². The molecule has 0 heterocycles. The molecule has 2 aromatic carbocycles. The third-order valence-electron chi connectivity index (χ3n) is 4.08. The van der Waals surface area contributed by atoms with E-state index in [1.807, 2.05) is 0 Å². The van der Waals surface area contributed by atoms with Crippen molar-refractivity contribution in [2.24, 2.45) is 0 Å². The van der Waals surface area contributed by atoms with Crippen molar-refractivity contribution in [1.82, 2.24) is 0 Å². The van der Waals surface area contributed by atoms with Crippen LogP contribution in [0.15, 0.2) is 53.4 Å². The zero-order valence-corrected chi connectivity index (χ0v) is 16.4. The van der Waals surface area contributed by atoms with Crippen molar-refractivity contribution < 1.29 is 26.7 Å². The second-order valence-electron chi connectivity index (χ2n) is 6.44. The summed E-state index contributed by atoms with van der Waals surface area (Å²) in [6, 6.07) is 9.96. The Morgan fingerprint density at radius 3 is 2.00 bits per heavy atom. The van der Waals surface area contributed by atoms with Crippen molar-refractivity contribution in [1.29, 1.82) is 0 Å². The fraction of sp³-hybridized carbons (Fsp3) is 0.333. The summed E-state index contributed by atoms with van der Waals surface area (Å²) in [6.07, 6.45) is -4.87. The van der Waals surface area contributed by atoms with Crippen LogP contribution < -0.4 is 4.31 Å². The van der Waals surface area contributed by atoms with E-state index < -0.39 is 33.4 Å². The highest BCUT2D eigenvalue weighted by atomic mass is 35.5. The van der Waals surface area contributed by atoms with E-state index in [-0.39, 0.29) is 15.6 Å². The summed E-state index contributed by atoms with van der Waals surface area (Å²) in [5.41, 5.74) is -3.28. The molecule has 0 aliphatic rings. The fourth-order valence-electron chi connectivity index (χ4n) is 2.57. The SMILES string of the molecule is CC(C)N(c1ccc([C@@](C)(O)C(F)(F)F)cc1)S(=O)(=O)c1ccccc1Cl. The minimum absolute atomic E-state index is 0.0415. The Morgan fingerprint density at radius 1 is 1.04 bits per heavy atom. The normalized spacial score (nSPS) is 14.9. The number of nitrogens with zero attached hydrogens (tertiary/aromatic N) is 1. The van der Waals surface area contributed by atoms with Gasteiger partial charge in [-0.15, -0.1) is 0 Å². The van der Waals surface area contributed by atoms with E-state index >= 15 is 0 Å². The molecule has 0 aliphatic carbocycles. The van der Waals surface area contributed by atoms with Gasteiger partial charge < -0.3 is 5.11 Å². The van der Waals surface area contributed by atoms with E-state index in [0.717, 1.165) is 16.4 Å². The molecule has 0 bridgehead atoms. The number of aliphatic hydroxyl groups is 1. The lowest BCUT2D eigenvalue weighted by atomic mass is 9.95. The van der Waals surface area contributed by atoms with E-state index in [4.69, 9.17) is 11.6 Å². The third kappa shape index (κ3) is 4.07.